The molecule has 174 valence electrons. The Bertz CT molecular complexity index is 1080. The first-order valence-corrected chi connectivity index (χ1v) is 11.6. The summed E-state index contributed by atoms with van der Waals surface area (Å²) in [6, 6.07) is 16.8. The van der Waals surface area contributed by atoms with Gasteiger partial charge in [-0.1, -0.05) is 36.4 Å². The van der Waals surface area contributed by atoms with Crippen LogP contribution in [0.3, 0.4) is 0 Å². The van der Waals surface area contributed by atoms with Crippen LogP contribution in [0.5, 0.6) is 0 Å². The lowest BCUT2D eigenvalue weighted by molar-refractivity contribution is 0.134. The number of nitrogens with zero attached hydrogens (tertiary/aromatic N) is 4. The third kappa shape index (κ3) is 5.79. The van der Waals surface area contributed by atoms with E-state index in [9.17, 15) is 4.39 Å². The van der Waals surface area contributed by atoms with Crippen LogP contribution in [0.25, 0.3) is 5.69 Å². The number of aliphatic imine (C=N–C) groups is 1. The molecule has 0 saturated carbocycles. The Morgan fingerprint density at radius 3 is 2.67 bits per heavy atom. The Morgan fingerprint density at radius 1 is 1.18 bits per heavy atom. The molecule has 1 aliphatic rings. The average molecular weight is 449 g/mol. The maximum absolute atomic E-state index is 14.7. The van der Waals surface area contributed by atoms with E-state index >= 15 is 0 Å². The molecule has 6 nitrogen and oxygen atoms in total. The average Bonchev–Trinajstić information content (AvgIpc) is 3.24. The first kappa shape index (κ1) is 23.0. The standard InChI is InChI=1S/C26H33FN6/c1-19-15-23(11-13-32(19)18-21-7-5-4-6-8-21)31-26(28-3)30-17-22-9-10-25(24(27)16-22)33-14-12-29-20(33)2/h4-10,12,14,16,19,23H,11,13,15,17-18H2,1-3H3,(H2,28,30,31). The third-order valence-corrected chi connectivity index (χ3v) is 6.36. The summed E-state index contributed by atoms with van der Waals surface area (Å²) in [6.07, 6.45) is 5.56. The molecule has 2 heterocycles. The fourth-order valence-electron chi connectivity index (χ4n) is 4.47. The number of hydrogen-bond acceptors (Lipinski definition) is 3. The molecule has 1 aliphatic heterocycles. The number of piperidine rings is 1. The highest BCUT2D eigenvalue weighted by atomic mass is 19.1. The topological polar surface area (TPSA) is 57.5 Å². The molecule has 2 atom stereocenters. The molecule has 33 heavy (non-hydrogen) atoms. The van der Waals surface area contributed by atoms with E-state index in [1.54, 1.807) is 36.1 Å². The number of aryl methyl sites for hydroxylation is 1. The van der Waals surface area contributed by atoms with Crippen molar-refractivity contribution in [1.82, 2.24) is 25.1 Å². The van der Waals surface area contributed by atoms with Gasteiger partial charge in [-0.3, -0.25) is 9.89 Å². The first-order valence-electron chi connectivity index (χ1n) is 11.6. The lowest BCUT2D eigenvalue weighted by Crippen LogP contribution is -2.51. The molecule has 2 unspecified atom stereocenters. The highest BCUT2D eigenvalue weighted by Crippen LogP contribution is 2.20. The maximum Gasteiger partial charge on any atom is 0.191 e. The molecule has 0 radical (unpaired) electrons. The molecular weight excluding hydrogens is 415 g/mol. The van der Waals surface area contributed by atoms with Crippen LogP contribution in [-0.2, 0) is 13.1 Å². The number of benzene rings is 2. The maximum atomic E-state index is 14.7. The molecule has 2 N–H and O–H groups in total. The molecule has 2 aromatic carbocycles. The summed E-state index contributed by atoms with van der Waals surface area (Å²) in [4.78, 5) is 11.1. The summed E-state index contributed by atoms with van der Waals surface area (Å²) < 4.78 is 16.4. The van der Waals surface area contributed by atoms with Crippen molar-refractivity contribution in [1.29, 1.82) is 0 Å². The van der Waals surface area contributed by atoms with Crippen molar-refractivity contribution in [2.75, 3.05) is 13.6 Å². The second kappa shape index (κ2) is 10.6. The molecule has 1 saturated heterocycles. The molecule has 4 rings (SSSR count). The van der Waals surface area contributed by atoms with Gasteiger partial charge in [0, 0.05) is 51.2 Å². The van der Waals surface area contributed by atoms with E-state index in [1.807, 2.05) is 13.0 Å². The van der Waals surface area contributed by atoms with Crippen molar-refractivity contribution >= 4 is 5.96 Å². The minimum absolute atomic E-state index is 0.266. The smallest absolute Gasteiger partial charge is 0.191 e. The van der Waals surface area contributed by atoms with Gasteiger partial charge in [0.15, 0.2) is 5.96 Å². The van der Waals surface area contributed by atoms with Crippen LogP contribution in [0.2, 0.25) is 0 Å². The highest BCUT2D eigenvalue weighted by molar-refractivity contribution is 5.80. The zero-order valence-corrected chi connectivity index (χ0v) is 19.6. The summed E-state index contributed by atoms with van der Waals surface area (Å²) in [5.41, 5.74) is 2.73. The monoisotopic (exact) mass is 448 g/mol. The van der Waals surface area contributed by atoms with Gasteiger partial charge >= 0.3 is 0 Å². The van der Waals surface area contributed by atoms with Crippen molar-refractivity contribution < 1.29 is 4.39 Å². The highest BCUT2D eigenvalue weighted by Gasteiger charge is 2.26. The first-order chi connectivity index (χ1) is 16.0. The van der Waals surface area contributed by atoms with E-state index in [-0.39, 0.29) is 5.82 Å². The predicted octanol–water partition coefficient (Wildman–Crippen LogP) is 4.04. The normalized spacial score (nSPS) is 19.5. The minimum atomic E-state index is -0.266. The molecule has 3 aromatic rings. The SMILES string of the molecule is CN=C(NCc1ccc(-n2ccnc2C)c(F)c1)NC1CCN(Cc2ccccc2)C(C)C1. The Hall–Kier alpha value is -3.19. The van der Waals surface area contributed by atoms with Crippen LogP contribution in [-0.4, -0.2) is 46.1 Å². The largest absolute Gasteiger partial charge is 0.354 e. The van der Waals surface area contributed by atoms with Crippen LogP contribution >= 0.6 is 0 Å². The number of rotatable bonds is 6. The fraction of sp³-hybridized carbons (Fsp3) is 0.385. The van der Waals surface area contributed by atoms with E-state index in [0.717, 1.165) is 43.3 Å². The van der Waals surface area contributed by atoms with Crippen molar-refractivity contribution in [3.8, 4) is 5.69 Å². The molecule has 7 heteroatoms. The van der Waals surface area contributed by atoms with Crippen molar-refractivity contribution in [2.45, 2.75) is 51.9 Å². The van der Waals surface area contributed by atoms with Gasteiger partial charge in [0.2, 0.25) is 0 Å². The van der Waals surface area contributed by atoms with Crippen molar-refractivity contribution in [3.05, 3.63) is 83.7 Å². The number of guanidine groups is 1. The number of likely N-dealkylation sites (tertiary alicyclic amines) is 1. The Labute approximate surface area is 195 Å². The third-order valence-electron chi connectivity index (χ3n) is 6.36. The molecule has 0 amide bonds. The van der Waals surface area contributed by atoms with Gasteiger partial charge in [-0.15, -0.1) is 0 Å². The molecule has 1 fully saturated rings. The van der Waals surface area contributed by atoms with Crippen molar-refractivity contribution in [3.63, 3.8) is 0 Å². The fourth-order valence-corrected chi connectivity index (χ4v) is 4.47. The lowest BCUT2D eigenvalue weighted by Gasteiger charge is -2.38. The molecule has 0 aliphatic carbocycles. The van der Waals surface area contributed by atoms with Crippen LogP contribution in [0.1, 0.15) is 36.7 Å². The van der Waals surface area contributed by atoms with Gasteiger partial charge < -0.3 is 15.2 Å². The van der Waals surface area contributed by atoms with E-state index < -0.39 is 0 Å². The summed E-state index contributed by atoms with van der Waals surface area (Å²) in [6.45, 7) is 6.69. The Kier molecular flexibility index (Phi) is 7.40. The minimum Gasteiger partial charge on any atom is -0.354 e. The summed E-state index contributed by atoms with van der Waals surface area (Å²) >= 11 is 0. The second-order valence-corrected chi connectivity index (χ2v) is 8.73. The van der Waals surface area contributed by atoms with Gasteiger partial charge in [-0.25, -0.2) is 9.37 Å². The second-order valence-electron chi connectivity index (χ2n) is 8.73. The summed E-state index contributed by atoms with van der Waals surface area (Å²) in [5.74, 6) is 1.24. The number of aromatic nitrogens is 2. The zero-order chi connectivity index (χ0) is 23.2. The predicted molar refractivity (Wildman–Crippen MR) is 131 cm³/mol. The molecule has 0 bridgehead atoms. The Morgan fingerprint density at radius 2 is 2.00 bits per heavy atom. The number of imidazole rings is 1. The van der Waals surface area contributed by atoms with Gasteiger partial charge in [0.05, 0.1) is 5.69 Å². The van der Waals surface area contributed by atoms with Gasteiger partial charge in [-0.2, -0.15) is 0 Å². The summed E-state index contributed by atoms with van der Waals surface area (Å²) in [7, 11) is 1.77. The van der Waals surface area contributed by atoms with E-state index in [4.69, 9.17) is 0 Å². The van der Waals surface area contributed by atoms with E-state index in [2.05, 4.69) is 62.8 Å². The van der Waals surface area contributed by atoms with E-state index in [0.29, 0.717) is 24.3 Å². The van der Waals surface area contributed by atoms with Gasteiger partial charge in [0.25, 0.3) is 0 Å². The quantitative estimate of drug-likeness (QED) is 0.442. The Balaban J connectivity index is 1.29. The van der Waals surface area contributed by atoms with Crippen LogP contribution in [0.15, 0.2) is 65.9 Å². The van der Waals surface area contributed by atoms with Crippen LogP contribution in [0.4, 0.5) is 4.39 Å². The van der Waals surface area contributed by atoms with Crippen LogP contribution in [0, 0.1) is 12.7 Å². The molecular formula is C26H33FN6. The summed E-state index contributed by atoms with van der Waals surface area (Å²) in [5, 5.41) is 6.88. The molecule has 1 aromatic heterocycles. The number of nitrogens with one attached hydrogen (secondary N) is 2. The van der Waals surface area contributed by atoms with Crippen molar-refractivity contribution in [2.24, 2.45) is 4.99 Å². The zero-order valence-electron chi connectivity index (χ0n) is 19.6. The lowest BCUT2D eigenvalue weighted by atomic mass is 9.97. The number of hydrogen-bond donors (Lipinski definition) is 2. The van der Waals surface area contributed by atoms with Crippen LogP contribution < -0.4 is 10.6 Å². The van der Waals surface area contributed by atoms with Gasteiger partial charge in [-0.05, 0) is 49.9 Å². The molecule has 0 spiro atoms. The van der Waals surface area contributed by atoms with Gasteiger partial charge in [0.1, 0.15) is 11.6 Å². The number of halogens is 1. The van der Waals surface area contributed by atoms with E-state index in [1.165, 1.54) is 5.56 Å².